The number of amides is 1. The lowest BCUT2D eigenvalue weighted by Gasteiger charge is -2.19. The fourth-order valence-electron chi connectivity index (χ4n) is 3.20. The molecule has 0 aliphatic rings. The van der Waals surface area contributed by atoms with Crippen LogP contribution in [0.2, 0.25) is 0 Å². The molecule has 2 aromatic carbocycles. The van der Waals surface area contributed by atoms with E-state index in [1.54, 1.807) is 42.6 Å². The van der Waals surface area contributed by atoms with Crippen LogP contribution in [0.25, 0.3) is 0 Å². The molecule has 1 aromatic heterocycles. The first-order chi connectivity index (χ1) is 14.2. The molecule has 1 N–H and O–H groups in total. The van der Waals surface area contributed by atoms with E-state index >= 15 is 0 Å². The number of benzene rings is 2. The summed E-state index contributed by atoms with van der Waals surface area (Å²) >= 11 is 0. The lowest BCUT2D eigenvalue weighted by molar-refractivity contribution is 0.0953. The van der Waals surface area contributed by atoms with E-state index in [-0.39, 0.29) is 17.3 Å². The molecule has 0 fully saturated rings. The van der Waals surface area contributed by atoms with Crippen LogP contribution in [0.5, 0.6) is 0 Å². The van der Waals surface area contributed by atoms with Crippen molar-refractivity contribution in [1.29, 1.82) is 0 Å². The molecule has 0 bridgehead atoms. The second kappa shape index (κ2) is 8.79. The first-order valence-corrected chi connectivity index (χ1v) is 11.3. The van der Waals surface area contributed by atoms with E-state index in [1.165, 1.54) is 6.20 Å². The van der Waals surface area contributed by atoms with Crippen LogP contribution in [0, 0.1) is 27.7 Å². The Morgan fingerprint density at radius 1 is 0.933 bits per heavy atom. The molecule has 0 saturated carbocycles. The van der Waals surface area contributed by atoms with Gasteiger partial charge in [-0.3, -0.25) is 9.78 Å². The molecular weight excluding hydrogens is 396 g/mol. The van der Waals surface area contributed by atoms with Gasteiger partial charge in [-0.05, 0) is 85.8 Å². The Morgan fingerprint density at radius 2 is 1.60 bits per heavy atom. The number of rotatable bonds is 6. The molecule has 3 aromatic rings. The number of carbonyl (C=O) groups excluding carboxylic acids is 1. The smallest absolute Gasteiger partial charge is 0.251 e. The maximum atomic E-state index is 13.5. The Bertz CT molecular complexity index is 1170. The maximum Gasteiger partial charge on any atom is 0.251 e. The van der Waals surface area contributed by atoms with Crippen LogP contribution in [-0.2, 0) is 9.84 Å². The maximum absolute atomic E-state index is 13.5. The number of pyridine rings is 1. The van der Waals surface area contributed by atoms with Crippen LogP contribution >= 0.6 is 0 Å². The van der Waals surface area contributed by atoms with E-state index in [9.17, 15) is 13.2 Å². The van der Waals surface area contributed by atoms with Gasteiger partial charge in [0.25, 0.3) is 5.91 Å². The predicted molar refractivity (Wildman–Crippen MR) is 118 cm³/mol. The number of aryl methyl sites for hydroxylation is 4. The van der Waals surface area contributed by atoms with E-state index < -0.39 is 15.1 Å². The number of carbonyl (C=O) groups is 1. The number of sulfone groups is 1. The zero-order chi connectivity index (χ0) is 21.9. The molecule has 6 heteroatoms. The summed E-state index contributed by atoms with van der Waals surface area (Å²) in [6, 6.07) is 14.0. The lowest BCUT2D eigenvalue weighted by atomic mass is 10.1. The fraction of sp³-hybridized carbons (Fsp3) is 0.250. The van der Waals surface area contributed by atoms with Crippen molar-refractivity contribution in [2.45, 2.75) is 37.8 Å². The molecule has 0 aliphatic carbocycles. The van der Waals surface area contributed by atoms with E-state index in [4.69, 9.17) is 0 Å². The third-order valence-electron chi connectivity index (χ3n) is 5.45. The Balaban J connectivity index is 1.92. The summed E-state index contributed by atoms with van der Waals surface area (Å²) in [7, 11) is -3.74. The normalized spacial score (nSPS) is 12.4. The summed E-state index contributed by atoms with van der Waals surface area (Å²) in [5, 5.41) is 1.86. The summed E-state index contributed by atoms with van der Waals surface area (Å²) in [4.78, 5) is 17.0. The second-order valence-corrected chi connectivity index (χ2v) is 9.71. The molecule has 1 amide bonds. The molecule has 0 spiro atoms. The van der Waals surface area contributed by atoms with Crippen molar-refractivity contribution in [3.63, 3.8) is 0 Å². The Morgan fingerprint density at radius 3 is 2.20 bits per heavy atom. The summed E-state index contributed by atoms with van der Waals surface area (Å²) in [6.07, 6.45) is 3.13. The van der Waals surface area contributed by atoms with Crippen LogP contribution in [0.3, 0.4) is 0 Å². The topological polar surface area (TPSA) is 76.1 Å². The van der Waals surface area contributed by atoms with Crippen molar-refractivity contribution >= 4 is 15.7 Å². The minimum Gasteiger partial charge on any atom is -0.350 e. The van der Waals surface area contributed by atoms with Crippen molar-refractivity contribution in [1.82, 2.24) is 10.3 Å². The number of hydrogen-bond acceptors (Lipinski definition) is 4. The fourth-order valence-corrected chi connectivity index (χ4v) is 4.93. The van der Waals surface area contributed by atoms with Crippen molar-refractivity contribution in [2.75, 3.05) is 6.54 Å². The van der Waals surface area contributed by atoms with Gasteiger partial charge in [-0.2, -0.15) is 0 Å². The molecule has 0 unspecified atom stereocenters. The average molecular weight is 423 g/mol. The van der Waals surface area contributed by atoms with Crippen molar-refractivity contribution < 1.29 is 13.2 Å². The van der Waals surface area contributed by atoms with Crippen LogP contribution in [0.4, 0.5) is 0 Å². The number of nitrogens with zero attached hydrogens (tertiary/aromatic N) is 1. The monoisotopic (exact) mass is 422 g/mol. The van der Waals surface area contributed by atoms with Crippen molar-refractivity contribution in [3.05, 3.63) is 94.3 Å². The molecule has 0 saturated heterocycles. The Labute approximate surface area is 178 Å². The summed E-state index contributed by atoms with van der Waals surface area (Å²) in [5.41, 5.74) is 5.07. The molecule has 3 rings (SSSR count). The first kappa shape index (κ1) is 21.7. The number of aromatic nitrogens is 1. The van der Waals surface area contributed by atoms with Crippen LogP contribution in [0.1, 0.15) is 43.4 Å². The van der Waals surface area contributed by atoms with Gasteiger partial charge in [0.2, 0.25) is 0 Å². The predicted octanol–water partition coefficient (Wildman–Crippen LogP) is 4.26. The minimum atomic E-state index is -3.74. The molecule has 5 nitrogen and oxygen atoms in total. The lowest BCUT2D eigenvalue weighted by Crippen LogP contribution is -2.32. The van der Waals surface area contributed by atoms with E-state index in [2.05, 4.69) is 10.3 Å². The molecule has 1 atom stereocenters. The molecule has 156 valence electrons. The van der Waals surface area contributed by atoms with Gasteiger partial charge in [0.05, 0.1) is 4.90 Å². The van der Waals surface area contributed by atoms with Crippen LogP contribution in [-0.4, -0.2) is 25.9 Å². The van der Waals surface area contributed by atoms with Gasteiger partial charge in [0.1, 0.15) is 5.25 Å². The average Bonchev–Trinajstić information content (AvgIpc) is 2.72. The third kappa shape index (κ3) is 4.60. The van der Waals surface area contributed by atoms with Gasteiger partial charge in [-0.25, -0.2) is 8.42 Å². The van der Waals surface area contributed by atoms with E-state index in [0.29, 0.717) is 11.1 Å². The third-order valence-corrected chi connectivity index (χ3v) is 7.55. The van der Waals surface area contributed by atoms with Gasteiger partial charge in [-0.1, -0.05) is 18.2 Å². The first-order valence-electron chi connectivity index (χ1n) is 9.76. The summed E-state index contributed by atoms with van der Waals surface area (Å²) < 4.78 is 26.9. The molecule has 30 heavy (non-hydrogen) atoms. The Kier molecular flexibility index (Phi) is 6.37. The Hall–Kier alpha value is -2.99. The van der Waals surface area contributed by atoms with Gasteiger partial charge in [0, 0.05) is 24.5 Å². The zero-order valence-electron chi connectivity index (χ0n) is 17.6. The molecular formula is C24H26N2O3S. The number of hydrogen-bond donors (Lipinski definition) is 1. The van der Waals surface area contributed by atoms with Crippen LogP contribution < -0.4 is 5.32 Å². The summed E-state index contributed by atoms with van der Waals surface area (Å²) in [5.74, 6) is -0.303. The van der Waals surface area contributed by atoms with E-state index in [0.717, 1.165) is 22.3 Å². The van der Waals surface area contributed by atoms with Gasteiger partial charge in [-0.15, -0.1) is 0 Å². The van der Waals surface area contributed by atoms with Gasteiger partial charge >= 0.3 is 0 Å². The highest BCUT2D eigenvalue weighted by molar-refractivity contribution is 7.91. The highest BCUT2D eigenvalue weighted by Gasteiger charge is 2.30. The van der Waals surface area contributed by atoms with Gasteiger partial charge < -0.3 is 5.32 Å². The second-order valence-electron chi connectivity index (χ2n) is 7.58. The highest BCUT2D eigenvalue weighted by atomic mass is 32.2. The van der Waals surface area contributed by atoms with Gasteiger partial charge in [0.15, 0.2) is 9.84 Å². The quantitative estimate of drug-likeness (QED) is 0.644. The molecule has 0 radical (unpaired) electrons. The summed E-state index contributed by atoms with van der Waals surface area (Å²) in [6.45, 7) is 7.69. The zero-order valence-corrected chi connectivity index (χ0v) is 18.5. The van der Waals surface area contributed by atoms with E-state index in [1.807, 2.05) is 39.8 Å². The largest absolute Gasteiger partial charge is 0.350 e. The number of nitrogens with one attached hydrogen (secondary N) is 1. The molecule has 0 aliphatic heterocycles. The van der Waals surface area contributed by atoms with Crippen LogP contribution in [0.15, 0.2) is 65.8 Å². The minimum absolute atomic E-state index is 0.0489. The highest BCUT2D eigenvalue weighted by Crippen LogP contribution is 2.29. The SMILES string of the molecule is Cc1ccc(C(=O)NC[C@H](c2cccnc2)S(=O)(=O)c2ccc(C)c(C)c2)cc1C. The standard InChI is InChI=1S/C24H26N2O3S/c1-16-7-9-20(12-18(16)3)24(27)26-15-23(21-6-5-11-25-14-21)30(28,29)22-10-8-17(2)19(4)13-22/h5-14,23H,15H2,1-4H3,(H,26,27)/t23-/m1/s1. The van der Waals surface area contributed by atoms with Crippen molar-refractivity contribution in [2.24, 2.45) is 0 Å². The van der Waals surface area contributed by atoms with Crippen molar-refractivity contribution in [3.8, 4) is 0 Å². The molecule has 1 heterocycles.